The first-order valence-electron chi connectivity index (χ1n) is 35.6. The van der Waals surface area contributed by atoms with Gasteiger partial charge in [-0.3, -0.25) is 14.4 Å². The first-order chi connectivity index (χ1) is 39.5. The Morgan fingerprint density at radius 2 is 0.487 bits per heavy atom. The van der Waals surface area contributed by atoms with Crippen LogP contribution in [0.15, 0.2) is 48.6 Å². The van der Waals surface area contributed by atoms with Crippen LogP contribution in [0.1, 0.15) is 387 Å². The molecule has 0 aliphatic rings. The van der Waals surface area contributed by atoms with Crippen LogP contribution in [0, 0.1) is 0 Å². The molecule has 1 unspecified atom stereocenters. The van der Waals surface area contributed by atoms with Crippen molar-refractivity contribution in [3.05, 3.63) is 48.6 Å². The summed E-state index contributed by atoms with van der Waals surface area (Å²) in [5, 5.41) is 0. The van der Waals surface area contributed by atoms with E-state index in [9.17, 15) is 14.4 Å². The fourth-order valence-electron chi connectivity index (χ4n) is 10.8. The summed E-state index contributed by atoms with van der Waals surface area (Å²) in [6.07, 6.45) is 87.2. The first kappa shape index (κ1) is 77.4. The van der Waals surface area contributed by atoms with Crippen LogP contribution in [0.3, 0.4) is 0 Å². The van der Waals surface area contributed by atoms with Gasteiger partial charge >= 0.3 is 17.9 Å². The van der Waals surface area contributed by atoms with Crippen LogP contribution in [0.2, 0.25) is 0 Å². The molecule has 0 saturated heterocycles. The van der Waals surface area contributed by atoms with Crippen LogP contribution >= 0.6 is 0 Å². The van der Waals surface area contributed by atoms with E-state index in [-0.39, 0.29) is 31.1 Å². The van der Waals surface area contributed by atoms with Gasteiger partial charge in [0.2, 0.25) is 0 Å². The zero-order chi connectivity index (χ0) is 57.8. The Hall–Kier alpha value is -2.63. The minimum atomic E-state index is -0.768. The summed E-state index contributed by atoms with van der Waals surface area (Å²) in [5.41, 5.74) is 0. The number of hydrogen-bond donors (Lipinski definition) is 0. The van der Waals surface area contributed by atoms with E-state index < -0.39 is 6.10 Å². The van der Waals surface area contributed by atoms with E-state index in [0.29, 0.717) is 19.3 Å². The monoisotopic (exact) mass is 1120 g/mol. The zero-order valence-corrected chi connectivity index (χ0v) is 53.9. The largest absolute Gasteiger partial charge is 0.462 e. The fraction of sp³-hybridized carbons (Fsp3) is 0.851. The third-order valence-electron chi connectivity index (χ3n) is 16.1. The van der Waals surface area contributed by atoms with E-state index in [4.69, 9.17) is 14.2 Å². The minimum absolute atomic E-state index is 0.0648. The fourth-order valence-corrected chi connectivity index (χ4v) is 10.8. The second-order valence-electron chi connectivity index (χ2n) is 24.1. The van der Waals surface area contributed by atoms with Crippen molar-refractivity contribution in [2.75, 3.05) is 13.2 Å². The number of unbranched alkanes of at least 4 members (excludes halogenated alkanes) is 47. The van der Waals surface area contributed by atoms with Crippen LogP contribution < -0.4 is 0 Å². The molecular formula is C74H136O6. The Morgan fingerprint density at radius 1 is 0.263 bits per heavy atom. The molecule has 0 aliphatic carbocycles. The highest BCUT2D eigenvalue weighted by atomic mass is 16.6. The van der Waals surface area contributed by atoms with Crippen molar-refractivity contribution in [2.45, 2.75) is 393 Å². The van der Waals surface area contributed by atoms with E-state index >= 15 is 0 Å². The van der Waals surface area contributed by atoms with Crippen molar-refractivity contribution in [3.8, 4) is 0 Å². The van der Waals surface area contributed by atoms with Crippen molar-refractivity contribution in [1.82, 2.24) is 0 Å². The molecule has 0 saturated carbocycles. The second kappa shape index (κ2) is 68.9. The Balaban J connectivity index is 4.15. The standard InChI is InChI=1S/C74H136O6/c1-4-7-10-13-16-19-22-25-27-29-31-32-33-34-35-36-37-38-39-40-41-42-43-45-46-49-52-55-58-61-64-67-73(76)79-70-71(69-78-72(75)66-63-60-57-54-51-48-24-21-18-15-12-9-6-3)80-74(77)68-65-62-59-56-53-50-47-44-30-28-26-23-20-17-14-11-8-5-2/h7,10,16,19,25,27,31-32,71H,4-6,8-9,11-15,17-18,20-24,26,28-30,33-70H2,1-3H3/b10-7-,19-16-,27-25-,32-31-. The summed E-state index contributed by atoms with van der Waals surface area (Å²) >= 11 is 0. The number of allylic oxidation sites excluding steroid dienone is 8. The van der Waals surface area contributed by atoms with Gasteiger partial charge in [-0.05, 0) is 57.8 Å². The lowest BCUT2D eigenvalue weighted by molar-refractivity contribution is -0.167. The topological polar surface area (TPSA) is 78.9 Å². The van der Waals surface area contributed by atoms with Gasteiger partial charge in [0.05, 0.1) is 0 Å². The average molecular weight is 1120 g/mol. The quantitative estimate of drug-likeness (QED) is 0.0261. The van der Waals surface area contributed by atoms with Crippen molar-refractivity contribution in [3.63, 3.8) is 0 Å². The van der Waals surface area contributed by atoms with E-state index in [1.165, 1.54) is 263 Å². The summed E-state index contributed by atoms with van der Waals surface area (Å²) < 4.78 is 17.0. The maximum absolute atomic E-state index is 12.9. The van der Waals surface area contributed by atoms with Crippen LogP contribution in [-0.2, 0) is 28.6 Å². The number of carbonyl (C=O) groups excluding carboxylic acids is 3. The van der Waals surface area contributed by atoms with Crippen molar-refractivity contribution in [1.29, 1.82) is 0 Å². The highest BCUT2D eigenvalue weighted by Gasteiger charge is 2.19. The predicted octanol–water partition coefficient (Wildman–Crippen LogP) is 24.5. The summed E-state index contributed by atoms with van der Waals surface area (Å²) in [4.78, 5) is 38.4. The number of ether oxygens (including phenoxy) is 3. The first-order valence-corrected chi connectivity index (χ1v) is 35.6. The van der Waals surface area contributed by atoms with Gasteiger partial charge in [-0.15, -0.1) is 0 Å². The van der Waals surface area contributed by atoms with E-state index in [1.807, 2.05) is 0 Å². The summed E-state index contributed by atoms with van der Waals surface area (Å²) in [6.45, 7) is 6.60. The normalized spacial score (nSPS) is 12.3. The van der Waals surface area contributed by atoms with Gasteiger partial charge in [-0.1, -0.05) is 358 Å². The minimum Gasteiger partial charge on any atom is -0.462 e. The molecule has 6 heteroatoms. The van der Waals surface area contributed by atoms with Gasteiger partial charge in [0.15, 0.2) is 6.10 Å². The third-order valence-corrected chi connectivity index (χ3v) is 16.1. The van der Waals surface area contributed by atoms with Crippen LogP contribution in [0.4, 0.5) is 0 Å². The molecule has 80 heavy (non-hydrogen) atoms. The van der Waals surface area contributed by atoms with Gasteiger partial charge in [-0.2, -0.15) is 0 Å². The lowest BCUT2D eigenvalue weighted by atomic mass is 10.0. The summed E-state index contributed by atoms with van der Waals surface area (Å²) in [6, 6.07) is 0. The molecule has 0 fully saturated rings. The molecule has 1 atom stereocenters. The molecule has 0 spiro atoms. The lowest BCUT2D eigenvalue weighted by Gasteiger charge is -2.18. The maximum atomic E-state index is 12.9. The Kier molecular flexibility index (Phi) is 66.6. The van der Waals surface area contributed by atoms with Gasteiger partial charge in [0.25, 0.3) is 0 Å². The number of hydrogen-bond acceptors (Lipinski definition) is 6. The molecule has 0 bridgehead atoms. The van der Waals surface area contributed by atoms with Gasteiger partial charge in [0.1, 0.15) is 13.2 Å². The Bertz CT molecular complexity index is 1380. The molecule has 0 aromatic heterocycles. The van der Waals surface area contributed by atoms with Crippen LogP contribution in [0.25, 0.3) is 0 Å². The Morgan fingerprint density at radius 3 is 0.762 bits per heavy atom. The molecule has 0 amide bonds. The Labute approximate surface area is 498 Å². The number of esters is 3. The molecule has 0 aromatic rings. The molecule has 0 radical (unpaired) electrons. The summed E-state index contributed by atoms with van der Waals surface area (Å²) in [5.74, 6) is -0.833. The van der Waals surface area contributed by atoms with Crippen LogP contribution in [0.5, 0.6) is 0 Å². The highest BCUT2D eigenvalue weighted by molar-refractivity contribution is 5.71. The maximum Gasteiger partial charge on any atom is 0.306 e. The van der Waals surface area contributed by atoms with Gasteiger partial charge in [0, 0.05) is 19.3 Å². The number of rotatable bonds is 66. The predicted molar refractivity (Wildman–Crippen MR) is 349 cm³/mol. The van der Waals surface area contributed by atoms with Crippen molar-refractivity contribution >= 4 is 17.9 Å². The highest BCUT2D eigenvalue weighted by Crippen LogP contribution is 2.19. The van der Waals surface area contributed by atoms with E-state index in [2.05, 4.69) is 69.4 Å². The molecule has 468 valence electrons. The van der Waals surface area contributed by atoms with Crippen LogP contribution in [-0.4, -0.2) is 37.2 Å². The molecule has 0 N–H and O–H groups in total. The molecule has 6 nitrogen and oxygen atoms in total. The third kappa shape index (κ3) is 66.2. The summed E-state index contributed by atoms with van der Waals surface area (Å²) in [7, 11) is 0. The number of carbonyl (C=O) groups is 3. The van der Waals surface area contributed by atoms with E-state index in [1.54, 1.807) is 0 Å². The second-order valence-corrected chi connectivity index (χ2v) is 24.1. The molecule has 0 aliphatic heterocycles. The lowest BCUT2D eigenvalue weighted by Crippen LogP contribution is -2.30. The van der Waals surface area contributed by atoms with Crippen molar-refractivity contribution < 1.29 is 28.6 Å². The average Bonchev–Trinajstić information content (AvgIpc) is 3.46. The van der Waals surface area contributed by atoms with Gasteiger partial charge in [-0.25, -0.2) is 0 Å². The van der Waals surface area contributed by atoms with Gasteiger partial charge < -0.3 is 14.2 Å². The van der Waals surface area contributed by atoms with E-state index in [0.717, 1.165) is 83.5 Å². The van der Waals surface area contributed by atoms with Crippen molar-refractivity contribution in [2.24, 2.45) is 0 Å². The SMILES string of the molecule is CC/C=C\C/C=C\C/C=C\C/C=C\CCCCCCCCCCCCCCCCCCCCC(=O)OCC(COC(=O)CCCCCCCCCCCCCCC)OC(=O)CCCCCCCCCCCCCCCCCCCC. The molecule has 0 heterocycles. The zero-order valence-electron chi connectivity index (χ0n) is 53.9. The molecule has 0 aromatic carbocycles. The molecule has 0 rings (SSSR count). The smallest absolute Gasteiger partial charge is 0.306 e. The molecular weight excluding hydrogens is 985 g/mol.